The fourth-order valence-electron chi connectivity index (χ4n) is 1.20. The van der Waals surface area contributed by atoms with Crippen molar-refractivity contribution in [3.05, 3.63) is 0 Å². The molecular weight excluding hydrogens is 211 g/mol. The maximum absolute atomic E-state index is 11.8. The van der Waals surface area contributed by atoms with Gasteiger partial charge in [-0.3, -0.25) is 9.69 Å². The molecule has 1 saturated heterocycles. The molecule has 1 aliphatic heterocycles. The van der Waals surface area contributed by atoms with Gasteiger partial charge in [-0.2, -0.15) is 13.2 Å². The second kappa shape index (κ2) is 4.80. The second-order valence-electron chi connectivity index (χ2n) is 3.62. The van der Waals surface area contributed by atoms with Crippen molar-refractivity contribution >= 4 is 5.91 Å². The largest absolute Gasteiger partial charge is 0.405 e. The number of likely N-dealkylation sites (N-methyl/N-ethyl adjacent to an activating group) is 1. The summed E-state index contributed by atoms with van der Waals surface area (Å²) in [5, 5.41) is 4.85. The summed E-state index contributed by atoms with van der Waals surface area (Å²) in [5.41, 5.74) is 0. The van der Waals surface area contributed by atoms with E-state index >= 15 is 0 Å². The molecule has 7 heteroatoms. The van der Waals surface area contributed by atoms with Crippen molar-refractivity contribution in [1.82, 2.24) is 15.5 Å². The van der Waals surface area contributed by atoms with Gasteiger partial charge in [0.05, 0.1) is 6.54 Å². The van der Waals surface area contributed by atoms with Gasteiger partial charge >= 0.3 is 6.18 Å². The number of hydrogen-bond acceptors (Lipinski definition) is 3. The van der Waals surface area contributed by atoms with Gasteiger partial charge in [0.1, 0.15) is 6.54 Å². The van der Waals surface area contributed by atoms with Crippen molar-refractivity contribution in [2.45, 2.75) is 12.2 Å². The number of nitrogens with one attached hydrogen (secondary N) is 2. The van der Waals surface area contributed by atoms with Gasteiger partial charge in [-0.1, -0.05) is 0 Å². The summed E-state index contributed by atoms with van der Waals surface area (Å²) in [6.45, 7) is 0.303. The molecule has 0 aliphatic carbocycles. The van der Waals surface area contributed by atoms with Crippen molar-refractivity contribution in [3.63, 3.8) is 0 Å². The first-order valence-corrected chi connectivity index (χ1v) is 4.63. The first-order valence-electron chi connectivity index (χ1n) is 4.63. The number of hydrogen-bond donors (Lipinski definition) is 2. The quantitative estimate of drug-likeness (QED) is 0.682. The van der Waals surface area contributed by atoms with E-state index in [0.717, 1.165) is 13.1 Å². The molecular formula is C8H14F3N3O. The van der Waals surface area contributed by atoms with Crippen LogP contribution in [-0.4, -0.2) is 56.3 Å². The smallest absolute Gasteiger partial charge is 0.346 e. The SMILES string of the molecule is CN(CC(=O)NCC(F)(F)F)C1CNC1. The van der Waals surface area contributed by atoms with Crippen LogP contribution in [0.5, 0.6) is 0 Å². The highest BCUT2D eigenvalue weighted by molar-refractivity contribution is 5.78. The molecule has 15 heavy (non-hydrogen) atoms. The highest BCUT2D eigenvalue weighted by atomic mass is 19.4. The van der Waals surface area contributed by atoms with Crippen molar-refractivity contribution < 1.29 is 18.0 Å². The van der Waals surface area contributed by atoms with Crippen molar-refractivity contribution in [2.24, 2.45) is 0 Å². The fourth-order valence-corrected chi connectivity index (χ4v) is 1.20. The predicted molar refractivity (Wildman–Crippen MR) is 48.4 cm³/mol. The molecule has 0 unspecified atom stereocenters. The average Bonchev–Trinajstić information content (AvgIpc) is 1.95. The van der Waals surface area contributed by atoms with E-state index in [1.165, 1.54) is 0 Å². The third-order valence-corrected chi connectivity index (χ3v) is 2.26. The maximum Gasteiger partial charge on any atom is 0.405 e. The number of nitrogens with zero attached hydrogens (tertiary/aromatic N) is 1. The van der Waals surface area contributed by atoms with E-state index in [9.17, 15) is 18.0 Å². The highest BCUT2D eigenvalue weighted by Crippen LogP contribution is 2.12. The van der Waals surface area contributed by atoms with Crippen LogP contribution < -0.4 is 10.6 Å². The van der Waals surface area contributed by atoms with Gasteiger partial charge in [-0.05, 0) is 7.05 Å². The van der Waals surface area contributed by atoms with Crippen molar-refractivity contribution in [2.75, 3.05) is 33.2 Å². The molecule has 0 aromatic heterocycles. The van der Waals surface area contributed by atoms with Crippen LogP contribution in [0.25, 0.3) is 0 Å². The van der Waals surface area contributed by atoms with Crippen LogP contribution >= 0.6 is 0 Å². The Morgan fingerprint density at radius 2 is 2.13 bits per heavy atom. The van der Waals surface area contributed by atoms with E-state index < -0.39 is 18.6 Å². The number of rotatable bonds is 4. The van der Waals surface area contributed by atoms with E-state index in [1.807, 2.05) is 5.32 Å². The lowest BCUT2D eigenvalue weighted by atomic mass is 10.1. The monoisotopic (exact) mass is 225 g/mol. The normalized spacial score (nSPS) is 17.7. The number of amides is 1. The Morgan fingerprint density at radius 3 is 2.53 bits per heavy atom. The van der Waals surface area contributed by atoms with Crippen molar-refractivity contribution in [3.8, 4) is 0 Å². The highest BCUT2D eigenvalue weighted by Gasteiger charge is 2.28. The first kappa shape index (κ1) is 12.3. The van der Waals surface area contributed by atoms with Crippen LogP contribution in [0.3, 0.4) is 0 Å². The van der Waals surface area contributed by atoms with Crippen LogP contribution in [0.4, 0.5) is 13.2 Å². The molecule has 2 N–H and O–H groups in total. The van der Waals surface area contributed by atoms with Crippen LogP contribution in [0, 0.1) is 0 Å². The van der Waals surface area contributed by atoms with Gasteiger partial charge in [0, 0.05) is 19.1 Å². The van der Waals surface area contributed by atoms with E-state index in [0.29, 0.717) is 0 Å². The summed E-state index contributed by atoms with van der Waals surface area (Å²) in [6.07, 6.45) is -4.34. The summed E-state index contributed by atoms with van der Waals surface area (Å²) >= 11 is 0. The number of halogens is 3. The molecule has 0 aromatic carbocycles. The zero-order valence-corrected chi connectivity index (χ0v) is 8.40. The molecule has 4 nitrogen and oxygen atoms in total. The second-order valence-corrected chi connectivity index (χ2v) is 3.62. The zero-order valence-electron chi connectivity index (χ0n) is 8.40. The van der Waals surface area contributed by atoms with Crippen LogP contribution in [0.2, 0.25) is 0 Å². The molecule has 0 spiro atoms. The number of carbonyl (C=O) groups is 1. The minimum Gasteiger partial charge on any atom is -0.346 e. The molecule has 1 fully saturated rings. The van der Waals surface area contributed by atoms with E-state index in [2.05, 4.69) is 5.32 Å². The third kappa shape index (κ3) is 4.48. The van der Waals surface area contributed by atoms with Gasteiger partial charge in [0.2, 0.25) is 5.91 Å². The molecule has 0 bridgehead atoms. The Hall–Kier alpha value is -0.820. The lowest BCUT2D eigenvalue weighted by Crippen LogP contribution is -2.57. The summed E-state index contributed by atoms with van der Waals surface area (Å²) < 4.78 is 35.3. The fraction of sp³-hybridized carbons (Fsp3) is 0.875. The van der Waals surface area contributed by atoms with E-state index in [1.54, 1.807) is 11.9 Å². The molecule has 0 atom stereocenters. The van der Waals surface area contributed by atoms with Gasteiger partial charge in [0.15, 0.2) is 0 Å². The Kier molecular flexibility index (Phi) is 3.92. The maximum atomic E-state index is 11.8. The molecule has 1 amide bonds. The van der Waals surface area contributed by atoms with Gasteiger partial charge < -0.3 is 10.6 Å². The van der Waals surface area contributed by atoms with Gasteiger partial charge in [-0.25, -0.2) is 0 Å². The number of alkyl halides is 3. The number of carbonyl (C=O) groups excluding carboxylic acids is 1. The van der Waals surface area contributed by atoms with Crippen molar-refractivity contribution in [1.29, 1.82) is 0 Å². The average molecular weight is 225 g/mol. The Bertz CT molecular complexity index is 228. The first-order chi connectivity index (χ1) is 6.88. The van der Waals surface area contributed by atoms with Gasteiger partial charge in [-0.15, -0.1) is 0 Å². The summed E-state index contributed by atoms with van der Waals surface area (Å²) in [4.78, 5) is 12.8. The topological polar surface area (TPSA) is 44.4 Å². The molecule has 1 rings (SSSR count). The van der Waals surface area contributed by atoms with E-state index in [-0.39, 0.29) is 12.6 Å². The lowest BCUT2D eigenvalue weighted by Gasteiger charge is -2.35. The van der Waals surface area contributed by atoms with Crippen LogP contribution in [0.1, 0.15) is 0 Å². The molecule has 1 aliphatic rings. The minimum atomic E-state index is -4.34. The third-order valence-electron chi connectivity index (χ3n) is 2.26. The Morgan fingerprint density at radius 1 is 1.53 bits per heavy atom. The summed E-state index contributed by atoms with van der Waals surface area (Å²) in [5.74, 6) is -0.596. The zero-order chi connectivity index (χ0) is 11.5. The molecule has 0 aromatic rings. The van der Waals surface area contributed by atoms with E-state index in [4.69, 9.17) is 0 Å². The van der Waals surface area contributed by atoms with Crippen LogP contribution in [-0.2, 0) is 4.79 Å². The molecule has 88 valence electrons. The Labute approximate surface area is 85.8 Å². The Balaban J connectivity index is 2.17. The summed E-state index contributed by atoms with van der Waals surface area (Å²) in [7, 11) is 1.72. The lowest BCUT2D eigenvalue weighted by molar-refractivity contribution is -0.139. The molecule has 0 saturated carbocycles. The standard InChI is InChI=1S/C8H14F3N3O/c1-14(6-2-12-3-6)4-7(15)13-5-8(9,10)11/h6,12H,2-5H2,1H3,(H,13,15). The molecule has 1 heterocycles. The molecule has 0 radical (unpaired) electrons. The van der Waals surface area contributed by atoms with Gasteiger partial charge in [0.25, 0.3) is 0 Å². The predicted octanol–water partition coefficient (Wildman–Crippen LogP) is -0.432. The minimum absolute atomic E-state index is 0.00241. The van der Waals surface area contributed by atoms with Crippen LogP contribution in [0.15, 0.2) is 0 Å². The summed E-state index contributed by atoms with van der Waals surface area (Å²) in [6, 6.07) is 0.252.